The van der Waals surface area contributed by atoms with Gasteiger partial charge >= 0.3 is 0 Å². The van der Waals surface area contributed by atoms with Crippen LogP contribution >= 0.6 is 0 Å². The Morgan fingerprint density at radius 1 is 1.07 bits per heavy atom. The van der Waals surface area contributed by atoms with Crippen LogP contribution in [0.2, 0.25) is 0 Å². The topological polar surface area (TPSA) is 52.0 Å². The first-order valence-corrected chi connectivity index (χ1v) is 10.1. The zero-order valence-corrected chi connectivity index (χ0v) is 16.7. The molecule has 1 amide bonds. The highest BCUT2D eigenvalue weighted by atomic mass is 19.1. The molecule has 29 heavy (non-hydrogen) atoms. The molecule has 0 radical (unpaired) electrons. The highest BCUT2D eigenvalue weighted by molar-refractivity contribution is 6.01. The van der Waals surface area contributed by atoms with Gasteiger partial charge in [0.1, 0.15) is 17.1 Å². The van der Waals surface area contributed by atoms with Crippen molar-refractivity contribution in [3.8, 4) is 5.75 Å². The fourth-order valence-electron chi connectivity index (χ4n) is 4.14. The van der Waals surface area contributed by atoms with Crippen molar-refractivity contribution in [3.63, 3.8) is 0 Å². The van der Waals surface area contributed by atoms with E-state index in [1.165, 1.54) is 12.1 Å². The molecule has 2 aromatic rings. The van der Waals surface area contributed by atoms with Crippen molar-refractivity contribution in [3.05, 3.63) is 53.6 Å². The highest BCUT2D eigenvalue weighted by Gasteiger charge is 2.26. The summed E-state index contributed by atoms with van der Waals surface area (Å²) < 4.78 is 14.9. The first-order valence-electron chi connectivity index (χ1n) is 10.1. The van der Waals surface area contributed by atoms with Crippen LogP contribution in [0.1, 0.15) is 22.5 Å². The van der Waals surface area contributed by atoms with Gasteiger partial charge in [-0.2, -0.15) is 0 Å². The SMILES string of the molecule is Cn1cc(O)c2c1C=CCN(CCCN1CCN(c3ccc(F)cc3)CC1)C2=O. The van der Waals surface area contributed by atoms with E-state index < -0.39 is 0 Å². The van der Waals surface area contributed by atoms with Gasteiger partial charge in [-0.25, -0.2) is 4.39 Å². The van der Waals surface area contributed by atoms with Gasteiger partial charge in [0.05, 0.1) is 5.69 Å². The minimum atomic E-state index is -0.207. The number of aromatic nitrogens is 1. The molecule has 0 unspecified atom stereocenters. The molecule has 3 heterocycles. The number of aryl methyl sites for hydroxylation is 1. The number of fused-ring (bicyclic) bond motifs is 1. The summed E-state index contributed by atoms with van der Waals surface area (Å²) in [6, 6.07) is 6.67. The molecule has 4 rings (SSSR count). The van der Waals surface area contributed by atoms with E-state index in [-0.39, 0.29) is 17.5 Å². The van der Waals surface area contributed by atoms with Crippen LogP contribution in [0, 0.1) is 5.82 Å². The summed E-state index contributed by atoms with van der Waals surface area (Å²) in [5.41, 5.74) is 2.22. The van der Waals surface area contributed by atoms with E-state index >= 15 is 0 Å². The van der Waals surface area contributed by atoms with E-state index in [1.54, 1.807) is 15.7 Å². The Morgan fingerprint density at radius 2 is 1.79 bits per heavy atom. The largest absolute Gasteiger partial charge is 0.505 e. The summed E-state index contributed by atoms with van der Waals surface area (Å²) in [7, 11) is 1.83. The summed E-state index contributed by atoms with van der Waals surface area (Å²) >= 11 is 0. The van der Waals surface area contributed by atoms with Crippen molar-refractivity contribution in [2.45, 2.75) is 6.42 Å². The second kappa shape index (κ2) is 8.29. The zero-order valence-electron chi connectivity index (χ0n) is 16.7. The highest BCUT2D eigenvalue weighted by Crippen LogP contribution is 2.27. The third-order valence-corrected chi connectivity index (χ3v) is 5.78. The minimum absolute atomic E-state index is 0.0426. The molecule has 0 atom stereocenters. The number of benzene rings is 1. The molecule has 6 nitrogen and oxygen atoms in total. The third kappa shape index (κ3) is 4.15. The molecule has 0 saturated carbocycles. The van der Waals surface area contributed by atoms with Gasteiger partial charge in [0.15, 0.2) is 0 Å². The Balaban J connectivity index is 1.27. The van der Waals surface area contributed by atoms with Crippen LogP contribution in [0.3, 0.4) is 0 Å². The van der Waals surface area contributed by atoms with Crippen LogP contribution in [0.4, 0.5) is 10.1 Å². The second-order valence-electron chi connectivity index (χ2n) is 7.70. The van der Waals surface area contributed by atoms with Crippen LogP contribution in [-0.2, 0) is 7.05 Å². The quantitative estimate of drug-likeness (QED) is 0.841. The average Bonchev–Trinajstić information content (AvgIpc) is 2.89. The molecule has 2 aliphatic rings. The molecule has 0 aliphatic carbocycles. The normalized spacial score (nSPS) is 17.5. The molecule has 0 spiro atoms. The number of halogens is 1. The van der Waals surface area contributed by atoms with Gasteiger partial charge in [0.2, 0.25) is 0 Å². The smallest absolute Gasteiger partial charge is 0.260 e. The van der Waals surface area contributed by atoms with E-state index in [0.29, 0.717) is 18.7 Å². The molecule has 1 N–H and O–H groups in total. The number of carbonyl (C=O) groups is 1. The predicted molar refractivity (Wildman–Crippen MR) is 112 cm³/mol. The summed E-state index contributed by atoms with van der Waals surface area (Å²) in [4.78, 5) is 19.3. The first-order chi connectivity index (χ1) is 14.0. The molecule has 1 saturated heterocycles. The number of nitrogens with zero attached hydrogens (tertiary/aromatic N) is 4. The lowest BCUT2D eigenvalue weighted by atomic mass is 10.2. The van der Waals surface area contributed by atoms with E-state index in [4.69, 9.17) is 0 Å². The van der Waals surface area contributed by atoms with Gasteiger partial charge in [0, 0.05) is 58.2 Å². The lowest BCUT2D eigenvalue weighted by Gasteiger charge is -2.36. The van der Waals surface area contributed by atoms with Gasteiger partial charge in [-0.1, -0.05) is 6.08 Å². The molecule has 1 fully saturated rings. The number of amides is 1. The monoisotopic (exact) mass is 398 g/mol. The molecule has 0 bridgehead atoms. The van der Waals surface area contributed by atoms with Gasteiger partial charge in [-0.3, -0.25) is 9.69 Å². The van der Waals surface area contributed by atoms with Crippen molar-refractivity contribution in [2.24, 2.45) is 7.05 Å². The summed E-state index contributed by atoms with van der Waals surface area (Å²) in [6.45, 7) is 5.89. The number of piperazine rings is 1. The van der Waals surface area contributed by atoms with Crippen LogP contribution in [0.15, 0.2) is 36.5 Å². The number of carbonyl (C=O) groups excluding carboxylic acids is 1. The fourth-order valence-corrected chi connectivity index (χ4v) is 4.14. The minimum Gasteiger partial charge on any atom is -0.505 e. The molecular weight excluding hydrogens is 371 g/mol. The van der Waals surface area contributed by atoms with Crippen molar-refractivity contribution in [1.82, 2.24) is 14.4 Å². The summed E-state index contributed by atoms with van der Waals surface area (Å²) in [6.07, 6.45) is 6.35. The van der Waals surface area contributed by atoms with Gasteiger partial charge in [-0.15, -0.1) is 0 Å². The van der Waals surface area contributed by atoms with E-state index in [0.717, 1.165) is 50.5 Å². The predicted octanol–water partition coefficient (Wildman–Crippen LogP) is 2.55. The number of hydrogen-bond acceptors (Lipinski definition) is 4. The third-order valence-electron chi connectivity index (χ3n) is 5.78. The lowest BCUT2D eigenvalue weighted by Crippen LogP contribution is -2.47. The van der Waals surface area contributed by atoms with Gasteiger partial charge in [0.25, 0.3) is 5.91 Å². The fraction of sp³-hybridized carbons (Fsp3) is 0.409. The Kier molecular flexibility index (Phi) is 5.58. The second-order valence-corrected chi connectivity index (χ2v) is 7.70. The van der Waals surface area contributed by atoms with E-state index in [2.05, 4.69) is 9.80 Å². The van der Waals surface area contributed by atoms with Crippen LogP contribution in [0.25, 0.3) is 6.08 Å². The molecular formula is C22H27FN4O2. The molecule has 2 aliphatic heterocycles. The zero-order chi connectivity index (χ0) is 20.4. The van der Waals surface area contributed by atoms with Gasteiger partial charge in [-0.05, 0) is 43.3 Å². The summed E-state index contributed by atoms with van der Waals surface area (Å²) in [5, 5.41) is 10.1. The van der Waals surface area contributed by atoms with E-state index in [9.17, 15) is 14.3 Å². The maximum Gasteiger partial charge on any atom is 0.260 e. The molecule has 1 aromatic heterocycles. The Labute approximate surface area is 170 Å². The van der Waals surface area contributed by atoms with Crippen molar-refractivity contribution in [2.75, 3.05) is 50.7 Å². The maximum absolute atomic E-state index is 13.1. The Morgan fingerprint density at radius 3 is 2.52 bits per heavy atom. The molecule has 7 heteroatoms. The van der Waals surface area contributed by atoms with Crippen LogP contribution in [0.5, 0.6) is 5.75 Å². The number of hydrogen-bond donors (Lipinski definition) is 1. The van der Waals surface area contributed by atoms with Crippen molar-refractivity contribution in [1.29, 1.82) is 0 Å². The number of anilines is 1. The van der Waals surface area contributed by atoms with Crippen LogP contribution in [-0.4, -0.2) is 71.2 Å². The summed E-state index contributed by atoms with van der Waals surface area (Å²) in [5.74, 6) is -0.272. The van der Waals surface area contributed by atoms with Gasteiger partial charge < -0.3 is 19.5 Å². The Hall–Kier alpha value is -2.80. The van der Waals surface area contributed by atoms with Crippen LogP contribution < -0.4 is 4.90 Å². The number of aromatic hydroxyl groups is 1. The standard InChI is InChI=1S/C22H27FN4O2/c1-24-16-20(28)21-19(24)4-2-10-27(22(21)29)11-3-9-25-12-14-26(15-13-25)18-7-5-17(23)6-8-18/h2,4-8,16,28H,3,9-15H2,1H3. The van der Waals surface area contributed by atoms with Crippen molar-refractivity contribution >= 4 is 17.7 Å². The maximum atomic E-state index is 13.1. The molecule has 1 aromatic carbocycles. The lowest BCUT2D eigenvalue weighted by molar-refractivity contribution is 0.0765. The number of rotatable bonds is 5. The first kappa shape index (κ1) is 19.5. The molecule has 154 valence electrons. The Bertz CT molecular complexity index is 898. The van der Waals surface area contributed by atoms with E-state index in [1.807, 2.05) is 31.3 Å². The average molecular weight is 398 g/mol. The van der Waals surface area contributed by atoms with Crippen molar-refractivity contribution < 1.29 is 14.3 Å².